The van der Waals surface area contributed by atoms with Crippen LogP contribution in [-0.2, 0) is 14.8 Å². The van der Waals surface area contributed by atoms with Gasteiger partial charge >= 0.3 is 0 Å². The maximum atomic E-state index is 12.9. The van der Waals surface area contributed by atoms with E-state index in [1.165, 1.54) is 23.5 Å². The first-order chi connectivity index (χ1) is 16.4. The van der Waals surface area contributed by atoms with Crippen LogP contribution in [0.3, 0.4) is 0 Å². The average molecular weight is 499 g/mol. The smallest absolute Gasteiger partial charge is 0.264 e. The Morgan fingerprint density at radius 3 is 2.35 bits per heavy atom. The summed E-state index contributed by atoms with van der Waals surface area (Å²) in [6.07, 6.45) is 0. The first-order valence-electron chi connectivity index (χ1n) is 10.3. The van der Waals surface area contributed by atoms with Gasteiger partial charge in [0.25, 0.3) is 15.9 Å². The summed E-state index contributed by atoms with van der Waals surface area (Å²) in [4.78, 5) is 12.5. The molecule has 176 valence electrons. The Bertz CT molecular complexity index is 1390. The van der Waals surface area contributed by atoms with Crippen LogP contribution in [0.1, 0.15) is 6.92 Å². The monoisotopic (exact) mass is 498 g/mol. The molecule has 0 spiro atoms. The minimum absolute atomic E-state index is 0.154. The van der Waals surface area contributed by atoms with E-state index in [0.717, 1.165) is 11.7 Å². The van der Waals surface area contributed by atoms with E-state index in [-0.39, 0.29) is 17.4 Å². The van der Waals surface area contributed by atoms with E-state index >= 15 is 0 Å². The van der Waals surface area contributed by atoms with Crippen LogP contribution in [0.25, 0.3) is 11.0 Å². The van der Waals surface area contributed by atoms with Gasteiger partial charge in [-0.05, 0) is 67.6 Å². The summed E-state index contributed by atoms with van der Waals surface area (Å²) >= 11 is 1.08. The Balaban J connectivity index is 1.37. The van der Waals surface area contributed by atoms with Crippen LogP contribution < -0.4 is 19.1 Å². The number of aromatic nitrogens is 2. The number of ether oxygens (including phenoxy) is 2. The van der Waals surface area contributed by atoms with E-state index in [0.29, 0.717) is 40.5 Å². The summed E-state index contributed by atoms with van der Waals surface area (Å²) in [7, 11) is -2.27. The Labute approximate surface area is 201 Å². The topological polar surface area (TPSA) is 111 Å². The summed E-state index contributed by atoms with van der Waals surface area (Å²) in [6.45, 7) is 2.15. The molecule has 11 heteroatoms. The molecule has 0 aliphatic rings. The molecule has 34 heavy (non-hydrogen) atoms. The molecule has 0 aliphatic heterocycles. The molecule has 4 aromatic rings. The molecule has 0 fully saturated rings. The molecule has 0 atom stereocenters. The van der Waals surface area contributed by atoms with Crippen molar-refractivity contribution in [1.82, 2.24) is 8.75 Å². The summed E-state index contributed by atoms with van der Waals surface area (Å²) < 4.78 is 46.3. The third-order valence-corrected chi connectivity index (χ3v) is 7.27. The quantitative estimate of drug-likeness (QED) is 0.372. The van der Waals surface area contributed by atoms with Crippen molar-refractivity contribution in [3.05, 3.63) is 66.7 Å². The molecule has 1 N–H and O–H groups in total. The zero-order chi connectivity index (χ0) is 24.1. The second-order valence-electron chi connectivity index (χ2n) is 7.15. The van der Waals surface area contributed by atoms with E-state index in [2.05, 4.69) is 14.1 Å². The highest BCUT2D eigenvalue weighted by molar-refractivity contribution is 7.92. The number of sulfonamides is 1. The molecule has 0 bridgehead atoms. The number of hydrogen-bond donors (Lipinski definition) is 1. The fraction of sp³-hybridized carbons (Fsp3) is 0.174. The predicted molar refractivity (Wildman–Crippen MR) is 131 cm³/mol. The number of benzene rings is 3. The van der Waals surface area contributed by atoms with Crippen LogP contribution in [0.15, 0.2) is 71.6 Å². The maximum absolute atomic E-state index is 12.9. The van der Waals surface area contributed by atoms with Crippen molar-refractivity contribution in [3.8, 4) is 11.5 Å². The van der Waals surface area contributed by atoms with Crippen molar-refractivity contribution in [2.45, 2.75) is 11.8 Å². The minimum Gasteiger partial charge on any atom is -0.494 e. The van der Waals surface area contributed by atoms with Crippen LogP contribution in [0, 0.1) is 0 Å². The van der Waals surface area contributed by atoms with Crippen molar-refractivity contribution in [1.29, 1.82) is 0 Å². The van der Waals surface area contributed by atoms with Gasteiger partial charge in [0, 0.05) is 7.05 Å². The fourth-order valence-electron chi connectivity index (χ4n) is 3.17. The normalized spacial score (nSPS) is 11.2. The molecule has 1 heterocycles. The van der Waals surface area contributed by atoms with Gasteiger partial charge in [0.05, 0.1) is 34.6 Å². The molecule has 4 rings (SSSR count). The highest BCUT2D eigenvalue weighted by Gasteiger charge is 2.21. The Morgan fingerprint density at radius 1 is 0.971 bits per heavy atom. The number of nitrogens with zero attached hydrogens (tertiary/aromatic N) is 3. The van der Waals surface area contributed by atoms with Gasteiger partial charge in [-0.1, -0.05) is 6.07 Å². The Kier molecular flexibility index (Phi) is 6.94. The van der Waals surface area contributed by atoms with Gasteiger partial charge < -0.3 is 14.8 Å². The van der Waals surface area contributed by atoms with Crippen LogP contribution in [0.2, 0.25) is 0 Å². The number of fused-ring (bicyclic) bond motifs is 1. The van der Waals surface area contributed by atoms with Gasteiger partial charge in [-0.15, -0.1) is 0 Å². The van der Waals surface area contributed by atoms with Crippen LogP contribution in [-0.4, -0.2) is 43.3 Å². The third-order valence-electron chi connectivity index (χ3n) is 4.92. The van der Waals surface area contributed by atoms with Crippen LogP contribution in [0.4, 0.5) is 11.4 Å². The lowest BCUT2D eigenvalue weighted by molar-refractivity contribution is -0.118. The van der Waals surface area contributed by atoms with E-state index in [1.807, 2.05) is 13.0 Å². The number of hydrogen-bond acceptors (Lipinski definition) is 8. The molecular formula is C23H22N4O5S2. The van der Waals surface area contributed by atoms with E-state index in [9.17, 15) is 13.2 Å². The van der Waals surface area contributed by atoms with Gasteiger partial charge in [-0.3, -0.25) is 9.10 Å². The number of amides is 1. The first-order valence-corrected chi connectivity index (χ1v) is 12.5. The van der Waals surface area contributed by atoms with Gasteiger partial charge in [0.2, 0.25) is 0 Å². The lowest BCUT2D eigenvalue weighted by atomic mass is 10.2. The average Bonchev–Trinajstić information content (AvgIpc) is 3.33. The van der Waals surface area contributed by atoms with E-state index < -0.39 is 10.0 Å². The molecular weight excluding hydrogens is 476 g/mol. The molecule has 0 aliphatic carbocycles. The van der Waals surface area contributed by atoms with Crippen molar-refractivity contribution in [3.63, 3.8) is 0 Å². The zero-order valence-electron chi connectivity index (χ0n) is 18.5. The second-order valence-corrected chi connectivity index (χ2v) is 9.64. The molecule has 3 aromatic carbocycles. The number of nitrogens with one attached hydrogen (secondary N) is 1. The standard InChI is InChI=1S/C23H22N4O5S2/c1-3-31-17-11-13-19(14-12-17)34(29,30)27(2)16-7-9-18(10-8-16)32-15-22(28)24-20-5-4-6-21-23(20)26-33-25-21/h4-14H,3,15H2,1-2H3,(H,24,28). The number of rotatable bonds is 9. The summed E-state index contributed by atoms with van der Waals surface area (Å²) in [5.74, 6) is 0.689. The first kappa shape index (κ1) is 23.5. The predicted octanol–water partition coefficient (Wildman–Crippen LogP) is 3.93. The third kappa shape index (κ3) is 5.10. The van der Waals surface area contributed by atoms with Crippen molar-refractivity contribution in [2.24, 2.45) is 0 Å². The Morgan fingerprint density at radius 2 is 1.65 bits per heavy atom. The number of anilines is 2. The van der Waals surface area contributed by atoms with Gasteiger partial charge in [-0.2, -0.15) is 8.75 Å². The van der Waals surface area contributed by atoms with Crippen LogP contribution >= 0.6 is 11.7 Å². The number of carbonyl (C=O) groups is 1. The Hall–Kier alpha value is -3.70. The van der Waals surface area contributed by atoms with Crippen molar-refractivity contribution >= 4 is 50.1 Å². The minimum atomic E-state index is -3.75. The van der Waals surface area contributed by atoms with Crippen molar-refractivity contribution in [2.75, 3.05) is 29.9 Å². The highest BCUT2D eigenvalue weighted by Crippen LogP contribution is 2.26. The second kappa shape index (κ2) is 10.1. The molecule has 1 aromatic heterocycles. The molecule has 0 unspecified atom stereocenters. The molecule has 0 radical (unpaired) electrons. The molecule has 9 nitrogen and oxygen atoms in total. The summed E-state index contributed by atoms with van der Waals surface area (Å²) in [5.41, 5.74) is 2.36. The molecule has 0 saturated heterocycles. The maximum Gasteiger partial charge on any atom is 0.264 e. The van der Waals surface area contributed by atoms with Gasteiger partial charge in [0.15, 0.2) is 6.61 Å². The van der Waals surface area contributed by atoms with Crippen molar-refractivity contribution < 1.29 is 22.7 Å². The molecule has 0 saturated carbocycles. The number of carbonyl (C=O) groups excluding carboxylic acids is 1. The summed E-state index contributed by atoms with van der Waals surface area (Å²) in [6, 6.07) is 18.1. The van der Waals surface area contributed by atoms with Gasteiger partial charge in [0.1, 0.15) is 22.5 Å². The summed E-state index contributed by atoms with van der Waals surface area (Å²) in [5, 5.41) is 2.76. The van der Waals surface area contributed by atoms with E-state index in [1.54, 1.807) is 48.5 Å². The fourth-order valence-corrected chi connectivity index (χ4v) is 4.91. The van der Waals surface area contributed by atoms with Gasteiger partial charge in [-0.25, -0.2) is 8.42 Å². The van der Waals surface area contributed by atoms with E-state index in [4.69, 9.17) is 9.47 Å². The van der Waals surface area contributed by atoms with Crippen LogP contribution in [0.5, 0.6) is 11.5 Å². The highest BCUT2D eigenvalue weighted by atomic mass is 32.2. The lowest BCUT2D eigenvalue weighted by Crippen LogP contribution is -2.26. The largest absolute Gasteiger partial charge is 0.494 e. The lowest BCUT2D eigenvalue weighted by Gasteiger charge is -2.20. The zero-order valence-corrected chi connectivity index (χ0v) is 20.1. The SMILES string of the molecule is CCOc1ccc(S(=O)(=O)N(C)c2ccc(OCC(=O)Nc3cccc4nsnc34)cc2)cc1. The molecule has 1 amide bonds.